The third-order valence-electron chi connectivity index (χ3n) is 4.80. The van der Waals surface area contributed by atoms with Crippen LogP contribution in [-0.4, -0.2) is 56.1 Å². The first-order valence-electron chi connectivity index (χ1n) is 10.3. The second kappa shape index (κ2) is 9.26. The summed E-state index contributed by atoms with van der Waals surface area (Å²) in [5.74, 6) is -0.805. The van der Waals surface area contributed by atoms with Gasteiger partial charge >= 0.3 is 0 Å². The highest BCUT2D eigenvalue weighted by Crippen LogP contribution is 2.24. The molecular weight excluding hydrogens is 437 g/mol. The lowest BCUT2D eigenvalue weighted by atomic mass is 10.0. The maximum atomic E-state index is 14.1. The van der Waals surface area contributed by atoms with Gasteiger partial charge in [0.1, 0.15) is 23.2 Å². The van der Waals surface area contributed by atoms with E-state index >= 15 is 0 Å². The molecule has 8 nitrogen and oxygen atoms in total. The first-order chi connectivity index (χ1) is 15.3. The molecule has 1 amide bonds. The summed E-state index contributed by atoms with van der Waals surface area (Å²) in [6.07, 6.45) is 2.25. The Hall–Kier alpha value is -3.34. The van der Waals surface area contributed by atoms with Crippen molar-refractivity contribution < 1.29 is 23.1 Å². The Morgan fingerprint density at radius 2 is 1.97 bits per heavy atom. The van der Waals surface area contributed by atoms with Crippen LogP contribution in [0.3, 0.4) is 0 Å². The molecular formula is C22H27F3N6O2. The highest BCUT2D eigenvalue weighted by molar-refractivity contribution is 5.99. The zero-order chi connectivity index (χ0) is 24.4. The molecule has 33 heavy (non-hydrogen) atoms. The summed E-state index contributed by atoms with van der Waals surface area (Å²) in [5, 5.41) is 21.9. The lowest BCUT2D eigenvalue weighted by Crippen LogP contribution is -2.42. The number of carbonyl (C=O) groups excluding carboxylic acids is 1. The zero-order valence-corrected chi connectivity index (χ0v) is 18.8. The molecule has 0 bridgehead atoms. The topological polar surface area (TPSA) is 104 Å². The summed E-state index contributed by atoms with van der Waals surface area (Å²) in [7, 11) is 0. The number of aromatic nitrogens is 3. The zero-order valence-electron chi connectivity index (χ0n) is 18.8. The average molecular weight is 464 g/mol. The molecule has 0 fully saturated rings. The first-order valence-corrected chi connectivity index (χ1v) is 10.3. The Kier molecular flexibility index (Phi) is 6.82. The SMILES string of the molecule is CC(C)(F)CNc1cc(Nc2ccn3ncc(F)c3c2)ncc1C(=O)NC[C@@H](F)C(C)(C)O. The van der Waals surface area contributed by atoms with E-state index in [4.69, 9.17) is 0 Å². The fourth-order valence-electron chi connectivity index (χ4n) is 2.86. The number of halogens is 3. The van der Waals surface area contributed by atoms with Gasteiger partial charge in [0.15, 0.2) is 5.82 Å². The Bertz CT molecular complexity index is 1140. The molecule has 3 aromatic heterocycles. The summed E-state index contributed by atoms with van der Waals surface area (Å²) in [5.41, 5.74) is -2.06. The van der Waals surface area contributed by atoms with E-state index in [9.17, 15) is 23.1 Å². The monoisotopic (exact) mass is 464 g/mol. The summed E-state index contributed by atoms with van der Waals surface area (Å²) >= 11 is 0. The predicted molar refractivity (Wildman–Crippen MR) is 120 cm³/mol. The van der Waals surface area contributed by atoms with Crippen LogP contribution in [0.5, 0.6) is 0 Å². The minimum absolute atomic E-state index is 0.0741. The largest absolute Gasteiger partial charge is 0.387 e. The lowest BCUT2D eigenvalue weighted by molar-refractivity contribution is -0.00177. The van der Waals surface area contributed by atoms with Crippen molar-refractivity contribution in [3.63, 3.8) is 0 Å². The molecule has 0 aliphatic heterocycles. The summed E-state index contributed by atoms with van der Waals surface area (Å²) < 4.78 is 43.3. The number of aliphatic hydroxyl groups is 1. The normalized spacial score (nSPS) is 13.1. The van der Waals surface area contributed by atoms with Gasteiger partial charge in [0.25, 0.3) is 5.91 Å². The number of pyridine rings is 2. The van der Waals surface area contributed by atoms with Crippen LogP contribution < -0.4 is 16.0 Å². The number of fused-ring (bicyclic) bond motifs is 1. The van der Waals surface area contributed by atoms with Crippen molar-refractivity contribution >= 4 is 28.6 Å². The number of rotatable bonds is 9. The molecule has 0 saturated carbocycles. The number of amides is 1. The van der Waals surface area contributed by atoms with E-state index in [1.165, 1.54) is 44.5 Å². The predicted octanol–water partition coefficient (Wildman–Crippen LogP) is 3.61. The maximum absolute atomic E-state index is 14.1. The third kappa shape index (κ3) is 6.35. The first kappa shape index (κ1) is 24.3. The molecule has 11 heteroatoms. The molecule has 3 heterocycles. The standard InChI is InChI=1S/C22H27F3N6O2/c1-21(2,25)12-28-16-8-19(30-13-5-6-31-17(7-13)15(23)10-29-31)26-9-14(16)20(32)27-11-18(24)22(3,4)33/h5-10,18,33H,11-12H2,1-4H3,(H,27,32)(H2,26,28,30)/t18-/m1/s1. The van der Waals surface area contributed by atoms with Gasteiger partial charge in [-0.05, 0) is 39.8 Å². The van der Waals surface area contributed by atoms with E-state index in [0.29, 0.717) is 11.5 Å². The fourth-order valence-corrected chi connectivity index (χ4v) is 2.86. The van der Waals surface area contributed by atoms with Crippen LogP contribution >= 0.6 is 0 Å². The Labute approximate surface area is 189 Å². The number of hydrogen-bond donors (Lipinski definition) is 4. The molecule has 0 saturated heterocycles. The molecule has 0 unspecified atom stereocenters. The quantitative estimate of drug-likeness (QED) is 0.386. The van der Waals surface area contributed by atoms with E-state index in [0.717, 1.165) is 6.20 Å². The summed E-state index contributed by atoms with van der Waals surface area (Å²) in [6.45, 7) is 4.86. The van der Waals surface area contributed by atoms with Crippen molar-refractivity contribution in [1.82, 2.24) is 19.9 Å². The van der Waals surface area contributed by atoms with Gasteiger partial charge in [0.2, 0.25) is 0 Å². The number of carbonyl (C=O) groups is 1. The van der Waals surface area contributed by atoms with Gasteiger partial charge in [-0.25, -0.2) is 22.7 Å². The fraction of sp³-hybridized carbons (Fsp3) is 0.409. The second-order valence-electron chi connectivity index (χ2n) is 8.88. The molecule has 0 spiro atoms. The number of hydrogen-bond acceptors (Lipinski definition) is 6. The van der Waals surface area contributed by atoms with Crippen molar-refractivity contribution in [2.75, 3.05) is 23.7 Å². The molecule has 0 aliphatic rings. The molecule has 0 radical (unpaired) electrons. The molecule has 178 valence electrons. The minimum Gasteiger partial charge on any atom is -0.387 e. The second-order valence-corrected chi connectivity index (χ2v) is 8.88. The van der Waals surface area contributed by atoms with Crippen molar-refractivity contribution in [3.8, 4) is 0 Å². The highest BCUT2D eigenvalue weighted by atomic mass is 19.1. The Balaban J connectivity index is 1.83. The Morgan fingerprint density at radius 1 is 1.24 bits per heavy atom. The van der Waals surface area contributed by atoms with Crippen LogP contribution in [0, 0.1) is 5.82 Å². The van der Waals surface area contributed by atoms with Crippen LogP contribution in [0.1, 0.15) is 38.1 Å². The van der Waals surface area contributed by atoms with E-state index in [-0.39, 0.29) is 23.3 Å². The highest BCUT2D eigenvalue weighted by Gasteiger charge is 2.27. The summed E-state index contributed by atoms with van der Waals surface area (Å²) in [4.78, 5) is 16.8. The molecule has 4 N–H and O–H groups in total. The van der Waals surface area contributed by atoms with Gasteiger partial charge in [-0.1, -0.05) is 0 Å². The minimum atomic E-state index is -1.68. The number of nitrogens with one attached hydrogen (secondary N) is 3. The van der Waals surface area contributed by atoms with Gasteiger partial charge in [0.05, 0.1) is 29.6 Å². The van der Waals surface area contributed by atoms with Crippen molar-refractivity contribution in [3.05, 3.63) is 48.2 Å². The molecule has 3 aromatic rings. The van der Waals surface area contributed by atoms with Crippen molar-refractivity contribution in [1.29, 1.82) is 0 Å². The molecule has 3 rings (SSSR count). The maximum Gasteiger partial charge on any atom is 0.255 e. The van der Waals surface area contributed by atoms with Gasteiger partial charge in [-0.15, -0.1) is 0 Å². The van der Waals surface area contributed by atoms with Crippen molar-refractivity contribution in [2.24, 2.45) is 0 Å². The van der Waals surface area contributed by atoms with E-state index in [1.54, 1.807) is 18.3 Å². The van der Waals surface area contributed by atoms with Crippen LogP contribution in [0.25, 0.3) is 5.52 Å². The van der Waals surface area contributed by atoms with Gasteiger partial charge in [-0.3, -0.25) is 4.79 Å². The van der Waals surface area contributed by atoms with E-state index < -0.39 is 35.7 Å². The molecule has 1 atom stereocenters. The number of nitrogens with zero attached hydrogens (tertiary/aromatic N) is 3. The molecule has 0 aliphatic carbocycles. The smallest absolute Gasteiger partial charge is 0.255 e. The van der Waals surface area contributed by atoms with Crippen LogP contribution in [0.4, 0.5) is 30.4 Å². The molecule has 0 aromatic carbocycles. The van der Waals surface area contributed by atoms with Gasteiger partial charge in [-0.2, -0.15) is 5.10 Å². The summed E-state index contributed by atoms with van der Waals surface area (Å²) in [6, 6.07) is 4.71. The van der Waals surface area contributed by atoms with E-state index in [2.05, 4.69) is 26.0 Å². The van der Waals surface area contributed by atoms with Crippen LogP contribution in [0.15, 0.2) is 36.8 Å². The third-order valence-corrected chi connectivity index (χ3v) is 4.80. The number of anilines is 3. The van der Waals surface area contributed by atoms with Crippen molar-refractivity contribution in [2.45, 2.75) is 45.1 Å². The lowest BCUT2D eigenvalue weighted by Gasteiger charge is -2.23. The van der Waals surface area contributed by atoms with Gasteiger partial charge < -0.3 is 21.1 Å². The van der Waals surface area contributed by atoms with E-state index in [1.807, 2.05) is 0 Å². The number of alkyl halides is 2. The average Bonchev–Trinajstić information content (AvgIpc) is 3.09. The van der Waals surface area contributed by atoms with Crippen LogP contribution in [-0.2, 0) is 0 Å². The van der Waals surface area contributed by atoms with Crippen LogP contribution in [0.2, 0.25) is 0 Å². The Morgan fingerprint density at radius 3 is 2.64 bits per heavy atom. The van der Waals surface area contributed by atoms with Gasteiger partial charge in [0, 0.05) is 30.7 Å².